The Morgan fingerprint density at radius 2 is 1.88 bits per heavy atom. The summed E-state index contributed by atoms with van der Waals surface area (Å²) in [6.07, 6.45) is 0.602. The van der Waals surface area contributed by atoms with Gasteiger partial charge in [0.1, 0.15) is 0 Å². The summed E-state index contributed by atoms with van der Waals surface area (Å²) in [5, 5.41) is 6.93. The lowest BCUT2D eigenvalue weighted by atomic mass is 10.1. The highest BCUT2D eigenvalue weighted by Crippen LogP contribution is 2.20. The number of aromatic nitrogens is 2. The van der Waals surface area contributed by atoms with Crippen LogP contribution in [0.3, 0.4) is 0 Å². The van der Waals surface area contributed by atoms with Gasteiger partial charge in [-0.2, -0.15) is 13.8 Å². The van der Waals surface area contributed by atoms with E-state index in [0.717, 1.165) is 0 Å². The number of nitrogens with one attached hydrogen (secondary N) is 1. The average Bonchev–Trinajstić information content (AvgIpc) is 2.95. The molecule has 1 aromatic carbocycles. The molecule has 1 aromatic heterocycles. The summed E-state index contributed by atoms with van der Waals surface area (Å²) >= 11 is 0. The van der Waals surface area contributed by atoms with Gasteiger partial charge in [0.25, 0.3) is 5.89 Å². The maximum atomic E-state index is 12.4. The van der Waals surface area contributed by atoms with Gasteiger partial charge in [-0.3, -0.25) is 0 Å². The van der Waals surface area contributed by atoms with E-state index in [1.165, 1.54) is 12.1 Å². The molecule has 134 valence electrons. The van der Waals surface area contributed by atoms with Gasteiger partial charge in [-0.05, 0) is 31.7 Å². The predicted octanol–water partition coefficient (Wildman–Crippen LogP) is 2.45. The van der Waals surface area contributed by atoms with E-state index in [4.69, 9.17) is 4.52 Å². The van der Waals surface area contributed by atoms with Crippen molar-refractivity contribution in [1.82, 2.24) is 15.5 Å². The summed E-state index contributed by atoms with van der Waals surface area (Å²) in [7, 11) is -2.60. The maximum absolute atomic E-state index is 12.4. The summed E-state index contributed by atoms with van der Waals surface area (Å²) in [6, 6.07) is 6.23. The number of benzene rings is 1. The Kier molecular flexibility index (Phi) is 7.25. The van der Waals surface area contributed by atoms with Crippen molar-refractivity contribution in [3.63, 3.8) is 0 Å². The highest BCUT2D eigenvalue weighted by molar-refractivity contribution is 7.90. The van der Waals surface area contributed by atoms with Crippen molar-refractivity contribution in [2.75, 3.05) is 7.05 Å². The van der Waals surface area contributed by atoms with E-state index in [-0.39, 0.29) is 24.0 Å². The lowest BCUT2D eigenvalue weighted by Gasteiger charge is -2.04. The molecule has 0 aliphatic rings. The molecular weight excluding hydrogens is 364 g/mol. The van der Waals surface area contributed by atoms with E-state index in [1.54, 1.807) is 12.1 Å². The number of sulfone groups is 1. The number of hydrogen-bond acceptors (Lipinski definition) is 6. The van der Waals surface area contributed by atoms with Crippen LogP contribution in [0, 0.1) is 0 Å². The van der Waals surface area contributed by atoms with E-state index in [0.29, 0.717) is 23.7 Å². The lowest BCUT2D eigenvalue weighted by molar-refractivity contribution is 0.234. The number of halogens is 3. The molecule has 0 saturated heterocycles. The van der Waals surface area contributed by atoms with Gasteiger partial charge in [0.2, 0.25) is 9.84 Å². The van der Waals surface area contributed by atoms with Crippen LogP contribution in [0.2, 0.25) is 0 Å². The zero-order chi connectivity index (χ0) is 17.0. The smallest absolute Gasteiger partial charge is 0.334 e. The Hall–Kier alpha value is -1.58. The second-order valence-electron chi connectivity index (χ2n) is 5.17. The van der Waals surface area contributed by atoms with Gasteiger partial charge >= 0.3 is 5.76 Å². The zero-order valence-electron chi connectivity index (χ0n) is 13.1. The van der Waals surface area contributed by atoms with Crippen molar-refractivity contribution in [3.05, 3.63) is 35.7 Å². The Bertz CT molecular complexity index is 751. The Morgan fingerprint density at radius 3 is 2.42 bits per heavy atom. The SMILES string of the molecule is CNC(C)Cc1noc(-c2ccc(CS(=O)(=O)C(F)F)cc2)n1.Cl. The van der Waals surface area contributed by atoms with E-state index in [9.17, 15) is 17.2 Å². The lowest BCUT2D eigenvalue weighted by Crippen LogP contribution is -2.24. The van der Waals surface area contributed by atoms with Crippen LogP contribution in [-0.2, 0) is 22.0 Å². The molecule has 1 atom stereocenters. The highest BCUT2D eigenvalue weighted by Gasteiger charge is 2.24. The molecule has 6 nitrogen and oxygen atoms in total. The van der Waals surface area contributed by atoms with Crippen LogP contribution in [0.1, 0.15) is 18.3 Å². The predicted molar refractivity (Wildman–Crippen MR) is 87.8 cm³/mol. The summed E-state index contributed by atoms with van der Waals surface area (Å²) < 4.78 is 52.2. The molecule has 0 amide bonds. The van der Waals surface area contributed by atoms with Crippen LogP contribution in [-0.4, -0.2) is 37.4 Å². The topological polar surface area (TPSA) is 85.1 Å². The van der Waals surface area contributed by atoms with Crippen molar-refractivity contribution in [2.45, 2.75) is 30.9 Å². The third kappa shape index (κ3) is 5.22. The number of alkyl halides is 2. The first-order valence-electron chi connectivity index (χ1n) is 6.90. The fourth-order valence-corrected chi connectivity index (χ4v) is 2.65. The van der Waals surface area contributed by atoms with Crippen LogP contribution < -0.4 is 5.32 Å². The van der Waals surface area contributed by atoms with Crippen LogP contribution in [0.15, 0.2) is 28.8 Å². The van der Waals surface area contributed by atoms with Crippen molar-refractivity contribution in [2.24, 2.45) is 0 Å². The van der Waals surface area contributed by atoms with Crippen molar-refractivity contribution in [1.29, 1.82) is 0 Å². The minimum Gasteiger partial charge on any atom is -0.334 e. The van der Waals surface area contributed by atoms with E-state index in [1.807, 2.05) is 14.0 Å². The van der Waals surface area contributed by atoms with E-state index in [2.05, 4.69) is 15.5 Å². The first kappa shape index (κ1) is 20.5. The van der Waals surface area contributed by atoms with Gasteiger partial charge in [-0.15, -0.1) is 12.4 Å². The van der Waals surface area contributed by atoms with Crippen molar-refractivity contribution >= 4 is 22.2 Å². The molecule has 24 heavy (non-hydrogen) atoms. The minimum atomic E-state index is -4.43. The first-order chi connectivity index (χ1) is 10.8. The van der Waals surface area contributed by atoms with Crippen molar-refractivity contribution < 1.29 is 21.7 Å². The molecule has 2 rings (SSSR count). The molecule has 0 radical (unpaired) electrons. The van der Waals surface area contributed by atoms with Gasteiger partial charge < -0.3 is 9.84 Å². The van der Waals surface area contributed by atoms with Gasteiger partial charge in [-0.1, -0.05) is 17.3 Å². The summed E-state index contributed by atoms with van der Waals surface area (Å²) in [5.41, 5.74) is 0.872. The molecule has 1 unspecified atom stereocenters. The van der Waals surface area contributed by atoms with Crippen molar-refractivity contribution in [3.8, 4) is 11.5 Å². The second kappa shape index (κ2) is 8.50. The molecule has 0 bridgehead atoms. The fraction of sp³-hybridized carbons (Fsp3) is 0.429. The molecule has 2 aromatic rings. The third-order valence-corrected chi connectivity index (χ3v) is 4.57. The molecule has 0 fully saturated rings. The maximum Gasteiger partial charge on any atom is 0.337 e. The van der Waals surface area contributed by atoms with Gasteiger partial charge in [0, 0.05) is 18.0 Å². The summed E-state index contributed by atoms with van der Waals surface area (Å²) in [6.45, 7) is 1.98. The average molecular weight is 382 g/mol. The van der Waals surface area contributed by atoms with E-state index >= 15 is 0 Å². The third-order valence-electron chi connectivity index (χ3n) is 3.29. The summed E-state index contributed by atoms with van der Waals surface area (Å²) in [5.74, 6) is -3.24. The quantitative estimate of drug-likeness (QED) is 0.792. The standard InChI is InChI=1S/C14H17F2N3O3S.ClH/c1-9(17-2)7-12-18-13(22-19-12)11-5-3-10(4-6-11)8-23(20,21)14(15)16;/h3-6,9,14,17H,7-8H2,1-2H3;1H. The molecular formula is C14H18ClF2N3O3S. The molecule has 0 saturated carbocycles. The molecule has 10 heteroatoms. The monoisotopic (exact) mass is 381 g/mol. The Labute approximate surface area is 145 Å². The van der Waals surface area contributed by atoms with Crippen LogP contribution >= 0.6 is 12.4 Å². The zero-order valence-corrected chi connectivity index (χ0v) is 14.7. The normalized spacial score (nSPS) is 12.9. The van der Waals surface area contributed by atoms with Gasteiger partial charge in [0.15, 0.2) is 5.82 Å². The minimum absolute atomic E-state index is 0. The van der Waals surface area contributed by atoms with Crippen LogP contribution in [0.5, 0.6) is 0 Å². The Morgan fingerprint density at radius 1 is 1.25 bits per heavy atom. The molecule has 0 spiro atoms. The number of hydrogen-bond donors (Lipinski definition) is 1. The number of likely N-dealkylation sites (N-methyl/N-ethyl adjacent to an activating group) is 1. The fourth-order valence-electron chi connectivity index (χ4n) is 1.87. The highest BCUT2D eigenvalue weighted by atomic mass is 35.5. The Balaban J connectivity index is 0.00000288. The van der Waals surface area contributed by atoms with Gasteiger partial charge in [-0.25, -0.2) is 8.42 Å². The molecule has 0 aliphatic carbocycles. The largest absolute Gasteiger partial charge is 0.337 e. The van der Waals surface area contributed by atoms with Gasteiger partial charge in [0.05, 0.1) is 5.75 Å². The molecule has 0 aliphatic heterocycles. The first-order valence-corrected chi connectivity index (χ1v) is 8.62. The molecule has 1 heterocycles. The van der Waals surface area contributed by atoms with Crippen LogP contribution in [0.25, 0.3) is 11.5 Å². The second-order valence-corrected chi connectivity index (χ2v) is 7.15. The van der Waals surface area contributed by atoms with E-state index < -0.39 is 21.3 Å². The van der Waals surface area contributed by atoms with Crippen LogP contribution in [0.4, 0.5) is 8.78 Å². The summed E-state index contributed by atoms with van der Waals surface area (Å²) in [4.78, 5) is 4.24. The number of nitrogens with zero attached hydrogens (tertiary/aromatic N) is 2. The number of rotatable bonds is 7. The molecule has 1 N–H and O–H groups in total.